The number of hydrogen-bond donors (Lipinski definition) is 4. The number of alkyl carbamates (subject to hydrolysis) is 1. The van der Waals surface area contributed by atoms with E-state index >= 15 is 0 Å². The van der Waals surface area contributed by atoms with Crippen molar-refractivity contribution >= 4 is 45.6 Å². The number of nitrogens with one attached hydrogen (secondary N) is 4. The molecule has 50 heavy (non-hydrogen) atoms. The highest BCUT2D eigenvalue weighted by atomic mass is 32.2. The van der Waals surface area contributed by atoms with Crippen molar-refractivity contribution < 1.29 is 37.1 Å². The van der Waals surface area contributed by atoms with E-state index in [1.165, 1.54) is 11.1 Å². The Morgan fingerprint density at radius 3 is 2.44 bits per heavy atom. The summed E-state index contributed by atoms with van der Waals surface area (Å²) in [6.07, 6.45) is 8.69. The van der Waals surface area contributed by atoms with E-state index in [2.05, 4.69) is 25.7 Å². The molecule has 4 N–H and O–H groups in total. The van der Waals surface area contributed by atoms with Gasteiger partial charge in [-0.1, -0.05) is 25.0 Å². The zero-order chi connectivity index (χ0) is 36.4. The molecule has 3 heterocycles. The Kier molecular flexibility index (Phi) is 10.8. The Bertz CT molecular complexity index is 1620. The molecule has 2 saturated carbocycles. The second-order valence-electron chi connectivity index (χ2n) is 14.9. The number of sulfonamides is 1. The van der Waals surface area contributed by atoms with Crippen LogP contribution in [0.4, 0.5) is 10.6 Å². The molecule has 274 valence electrons. The number of nitrogens with zero attached hydrogens (tertiary/aromatic N) is 3. The van der Waals surface area contributed by atoms with Crippen molar-refractivity contribution in [1.82, 2.24) is 30.6 Å². The van der Waals surface area contributed by atoms with E-state index in [1.807, 2.05) is 26.2 Å². The van der Waals surface area contributed by atoms with Gasteiger partial charge in [-0.3, -0.25) is 23.9 Å². The lowest BCUT2D eigenvalue weighted by atomic mass is 10.0. The highest BCUT2D eigenvalue weighted by Crippen LogP contribution is 2.46. The molecule has 0 unspecified atom stereocenters. The maximum absolute atomic E-state index is 14.3. The molecule has 1 aromatic heterocycles. The second-order valence-corrected chi connectivity index (χ2v) is 16.9. The molecule has 0 radical (unpaired) electrons. The zero-order valence-corrected chi connectivity index (χ0v) is 30.2. The van der Waals surface area contributed by atoms with Crippen LogP contribution in [0.5, 0.6) is 0 Å². The largest absolute Gasteiger partial charge is 0.444 e. The quantitative estimate of drug-likeness (QED) is 0.302. The summed E-state index contributed by atoms with van der Waals surface area (Å²) in [6, 6.07) is 0.513. The summed E-state index contributed by atoms with van der Waals surface area (Å²) in [7, 11) is -0.236. The third-order valence-corrected chi connectivity index (χ3v) is 11.2. The van der Waals surface area contributed by atoms with Gasteiger partial charge in [-0.05, 0) is 77.8 Å². The summed E-state index contributed by atoms with van der Waals surface area (Å²) in [5, 5.41) is 7.79. The molecule has 0 spiro atoms. The summed E-state index contributed by atoms with van der Waals surface area (Å²) in [5.74, 6) is -2.22. The molecule has 4 aliphatic rings. The molecule has 1 aromatic rings. The van der Waals surface area contributed by atoms with E-state index in [4.69, 9.17) is 4.74 Å². The normalized spacial score (nSPS) is 28.1. The van der Waals surface area contributed by atoms with Crippen molar-refractivity contribution in [2.24, 2.45) is 5.92 Å². The number of amides is 5. The summed E-state index contributed by atoms with van der Waals surface area (Å²) in [6.45, 7) is 5.09. The topological polar surface area (TPSA) is 196 Å². The number of ether oxygens (including phenoxy) is 1. The van der Waals surface area contributed by atoms with Crippen LogP contribution in [0.2, 0.25) is 0 Å². The number of fused-ring (bicyclic) bond motifs is 2. The van der Waals surface area contributed by atoms with Gasteiger partial charge in [0.1, 0.15) is 29.0 Å². The van der Waals surface area contributed by atoms with Gasteiger partial charge in [-0.2, -0.15) is 0 Å². The van der Waals surface area contributed by atoms with Crippen molar-refractivity contribution in [1.29, 1.82) is 0 Å². The van der Waals surface area contributed by atoms with Crippen LogP contribution in [0.1, 0.15) is 88.9 Å². The van der Waals surface area contributed by atoms with E-state index < -0.39 is 80.2 Å². The van der Waals surface area contributed by atoms with E-state index in [0.717, 1.165) is 12.8 Å². The molecule has 5 atom stereocenters. The van der Waals surface area contributed by atoms with Gasteiger partial charge < -0.3 is 30.5 Å². The van der Waals surface area contributed by atoms with Crippen LogP contribution < -0.4 is 25.6 Å². The standard InChI is InChI=1S/C34H49N7O8S/c1-33(2,3)49-32(46)37-25-12-10-8-6-7-9-11-22-18-34(22,31(45)39-50(47,48)24-14-15-24)38-29(43)26-17-23(20-41(26)30(25)44)36-28(42)21-13-16-27(35-19-21)40(4)5/h9,11,13,16,19,22-26H,6-8,10,12,14-15,17-18,20H2,1-5H3,(H,36,42)(H,37,46)(H,38,43)(H,39,45)/b11-9-/t22-,23+,25-,26-,34+/m0/s1. The first-order valence-electron chi connectivity index (χ1n) is 17.3. The molecule has 16 heteroatoms. The molecule has 2 aliphatic carbocycles. The highest BCUT2D eigenvalue weighted by Gasteiger charge is 2.62. The van der Waals surface area contributed by atoms with E-state index in [-0.39, 0.29) is 19.4 Å². The summed E-state index contributed by atoms with van der Waals surface area (Å²) in [5.41, 5.74) is -2.03. The number of aromatic nitrogens is 1. The summed E-state index contributed by atoms with van der Waals surface area (Å²) >= 11 is 0. The average Bonchev–Trinajstić information content (AvgIpc) is 3.95. The number of carbonyl (C=O) groups is 5. The predicted molar refractivity (Wildman–Crippen MR) is 184 cm³/mol. The minimum atomic E-state index is -3.89. The second kappa shape index (κ2) is 14.6. The minimum Gasteiger partial charge on any atom is -0.444 e. The monoisotopic (exact) mass is 715 g/mol. The van der Waals surface area contributed by atoms with Gasteiger partial charge in [0.15, 0.2) is 0 Å². The molecule has 3 fully saturated rings. The van der Waals surface area contributed by atoms with Gasteiger partial charge in [0.2, 0.25) is 21.8 Å². The smallest absolute Gasteiger partial charge is 0.408 e. The van der Waals surface area contributed by atoms with Gasteiger partial charge in [0.25, 0.3) is 11.8 Å². The Hall–Kier alpha value is -4.21. The lowest BCUT2D eigenvalue weighted by Crippen LogP contribution is -2.58. The molecule has 5 amide bonds. The Morgan fingerprint density at radius 2 is 1.80 bits per heavy atom. The van der Waals surface area contributed by atoms with Crippen LogP contribution in [-0.4, -0.2) is 103 Å². The average molecular weight is 716 g/mol. The van der Waals surface area contributed by atoms with Crippen LogP contribution in [0.3, 0.4) is 0 Å². The summed E-state index contributed by atoms with van der Waals surface area (Å²) in [4.78, 5) is 75.6. The van der Waals surface area contributed by atoms with Crippen LogP contribution in [0.15, 0.2) is 30.5 Å². The van der Waals surface area contributed by atoms with Crippen molar-refractivity contribution in [3.05, 3.63) is 36.0 Å². The minimum absolute atomic E-state index is 0.0181. The molecule has 0 bridgehead atoms. The number of pyridine rings is 1. The van der Waals surface area contributed by atoms with Gasteiger partial charge in [0.05, 0.1) is 10.8 Å². The number of allylic oxidation sites excluding steroid dienone is 1. The van der Waals surface area contributed by atoms with Crippen molar-refractivity contribution in [2.45, 2.75) is 113 Å². The van der Waals surface area contributed by atoms with Gasteiger partial charge in [-0.15, -0.1) is 0 Å². The van der Waals surface area contributed by atoms with E-state index in [1.54, 1.807) is 37.8 Å². The van der Waals surface area contributed by atoms with Crippen molar-refractivity contribution in [2.75, 3.05) is 25.5 Å². The van der Waals surface area contributed by atoms with Crippen LogP contribution in [0.25, 0.3) is 0 Å². The highest BCUT2D eigenvalue weighted by molar-refractivity contribution is 7.91. The van der Waals surface area contributed by atoms with Crippen molar-refractivity contribution in [3.8, 4) is 0 Å². The molecular formula is C34H49N7O8S. The maximum atomic E-state index is 14.3. The fourth-order valence-corrected chi connectivity index (χ4v) is 7.77. The first-order chi connectivity index (χ1) is 23.5. The maximum Gasteiger partial charge on any atom is 0.408 e. The van der Waals surface area contributed by atoms with Gasteiger partial charge >= 0.3 is 6.09 Å². The molecule has 5 rings (SSSR count). The van der Waals surface area contributed by atoms with Crippen LogP contribution >= 0.6 is 0 Å². The van der Waals surface area contributed by atoms with E-state index in [9.17, 15) is 32.4 Å². The van der Waals surface area contributed by atoms with E-state index in [0.29, 0.717) is 43.5 Å². The number of carbonyl (C=O) groups excluding carboxylic acids is 5. The molecule has 2 aliphatic heterocycles. The molecule has 1 saturated heterocycles. The fraction of sp³-hybridized carbons (Fsp3) is 0.647. The lowest BCUT2D eigenvalue weighted by molar-refractivity contribution is -0.141. The first-order valence-corrected chi connectivity index (χ1v) is 18.8. The van der Waals surface area contributed by atoms with Crippen LogP contribution in [-0.2, 0) is 29.1 Å². The fourth-order valence-electron chi connectivity index (χ4n) is 6.41. The van der Waals surface area contributed by atoms with Crippen LogP contribution in [0, 0.1) is 5.92 Å². The number of hydrogen-bond acceptors (Lipinski definition) is 10. The molecule has 0 aromatic carbocycles. The zero-order valence-electron chi connectivity index (χ0n) is 29.4. The van der Waals surface area contributed by atoms with Crippen molar-refractivity contribution in [3.63, 3.8) is 0 Å². The van der Waals surface area contributed by atoms with Gasteiger partial charge in [-0.25, -0.2) is 18.2 Å². The SMILES string of the molecule is CN(C)c1ccc(C(=O)N[C@@H]2C[C@H]3C(=O)N[C@]4(C(=O)NS(=O)(=O)C5CC5)C[C@@H]4/C=C\CCCCC[C@H](NC(=O)OC(C)(C)C)C(=O)N3C2)cn1. The summed E-state index contributed by atoms with van der Waals surface area (Å²) < 4.78 is 33.1. The molecule has 15 nitrogen and oxygen atoms in total. The molecular weight excluding hydrogens is 666 g/mol. The third kappa shape index (κ3) is 8.92. The third-order valence-electron chi connectivity index (χ3n) is 9.38. The Labute approximate surface area is 293 Å². The first kappa shape index (κ1) is 37.1. The predicted octanol–water partition coefficient (Wildman–Crippen LogP) is 1.74. The van der Waals surface area contributed by atoms with Gasteiger partial charge in [0, 0.05) is 38.8 Å². The Morgan fingerprint density at radius 1 is 1.06 bits per heavy atom. The number of rotatable bonds is 7. The number of anilines is 1. The lowest BCUT2D eigenvalue weighted by Gasteiger charge is -2.30. The Balaban J connectivity index is 1.42.